The second kappa shape index (κ2) is 6.59. The van der Waals surface area contributed by atoms with Crippen molar-refractivity contribution in [1.29, 1.82) is 0 Å². The number of nitrogens with zero attached hydrogens (tertiary/aromatic N) is 1. The second-order valence-electron chi connectivity index (χ2n) is 5.34. The lowest BCUT2D eigenvalue weighted by molar-refractivity contribution is -0.138. The largest absolute Gasteiger partial charge is 0.416 e. The highest BCUT2D eigenvalue weighted by Gasteiger charge is 2.33. The van der Waals surface area contributed by atoms with Gasteiger partial charge in [0.2, 0.25) is 0 Å². The summed E-state index contributed by atoms with van der Waals surface area (Å²) >= 11 is 0. The van der Waals surface area contributed by atoms with E-state index in [1.165, 1.54) is 6.07 Å². The van der Waals surface area contributed by atoms with E-state index in [1.807, 2.05) is 11.9 Å². The molecule has 5 heteroatoms. The molecule has 0 aliphatic carbocycles. The lowest BCUT2D eigenvalue weighted by Gasteiger charge is -2.28. The van der Waals surface area contributed by atoms with E-state index in [1.54, 1.807) is 12.1 Å². The third-order valence-corrected chi connectivity index (χ3v) is 3.55. The Bertz CT molecular complexity index is 427. The molecule has 0 amide bonds. The Morgan fingerprint density at radius 1 is 1.25 bits per heavy atom. The van der Waals surface area contributed by atoms with Crippen LogP contribution in [-0.2, 0) is 17.5 Å². The first-order chi connectivity index (χ1) is 9.47. The van der Waals surface area contributed by atoms with Crippen molar-refractivity contribution >= 4 is 0 Å². The zero-order valence-corrected chi connectivity index (χ0v) is 11.6. The van der Waals surface area contributed by atoms with Gasteiger partial charge in [0, 0.05) is 19.7 Å². The lowest BCUT2D eigenvalue weighted by Crippen LogP contribution is -2.33. The highest BCUT2D eigenvalue weighted by Crippen LogP contribution is 2.32. The molecule has 1 aromatic rings. The van der Waals surface area contributed by atoms with Gasteiger partial charge in [-0.3, -0.25) is 4.90 Å². The molecular formula is C15H20F3NO. The van der Waals surface area contributed by atoms with Crippen LogP contribution in [-0.4, -0.2) is 31.2 Å². The first kappa shape index (κ1) is 15.3. The maximum Gasteiger partial charge on any atom is 0.416 e. The fraction of sp³-hybridized carbons (Fsp3) is 0.600. The maximum atomic E-state index is 12.9. The molecule has 0 spiro atoms. The van der Waals surface area contributed by atoms with Crippen LogP contribution < -0.4 is 0 Å². The van der Waals surface area contributed by atoms with Crippen LogP contribution in [0.5, 0.6) is 0 Å². The molecule has 1 saturated heterocycles. The van der Waals surface area contributed by atoms with Crippen molar-refractivity contribution in [2.45, 2.75) is 38.1 Å². The van der Waals surface area contributed by atoms with E-state index in [-0.39, 0.29) is 12.6 Å². The molecule has 0 radical (unpaired) electrons. The van der Waals surface area contributed by atoms with E-state index in [9.17, 15) is 13.2 Å². The molecular weight excluding hydrogens is 267 g/mol. The summed E-state index contributed by atoms with van der Waals surface area (Å²) in [4.78, 5) is 1.90. The van der Waals surface area contributed by atoms with Gasteiger partial charge in [0.25, 0.3) is 0 Å². The van der Waals surface area contributed by atoms with Gasteiger partial charge in [-0.25, -0.2) is 0 Å². The Hall–Kier alpha value is -1.07. The Kier molecular flexibility index (Phi) is 5.05. The van der Waals surface area contributed by atoms with Gasteiger partial charge in [-0.15, -0.1) is 0 Å². The Balaban J connectivity index is 1.98. The zero-order valence-electron chi connectivity index (χ0n) is 11.6. The molecule has 0 bridgehead atoms. The van der Waals surface area contributed by atoms with Crippen molar-refractivity contribution in [2.75, 3.05) is 20.2 Å². The normalized spacial score (nSPS) is 20.4. The summed E-state index contributed by atoms with van der Waals surface area (Å²) in [5.41, 5.74) is -0.227. The number of hydrogen-bond donors (Lipinski definition) is 0. The highest BCUT2D eigenvalue weighted by molar-refractivity contribution is 5.29. The quantitative estimate of drug-likeness (QED) is 0.837. The molecule has 0 saturated carbocycles. The predicted octanol–water partition coefficient (Wildman–Crippen LogP) is 3.71. The third-order valence-electron chi connectivity index (χ3n) is 3.55. The van der Waals surface area contributed by atoms with Gasteiger partial charge in [0.05, 0.1) is 11.7 Å². The molecule has 2 nitrogen and oxygen atoms in total. The summed E-state index contributed by atoms with van der Waals surface area (Å²) in [5, 5.41) is 0. The smallest absolute Gasteiger partial charge is 0.377 e. The van der Waals surface area contributed by atoms with Crippen LogP contribution in [0.2, 0.25) is 0 Å². The van der Waals surface area contributed by atoms with E-state index in [0.717, 1.165) is 31.9 Å². The number of halogens is 3. The standard InChI is InChI=1S/C15H20F3NO/c1-19(11-13-7-4-5-9-20-13)10-12-6-2-3-8-14(12)15(16,17)18/h2-3,6,8,13H,4-5,7,9-11H2,1H3. The van der Waals surface area contributed by atoms with Crippen LogP contribution in [0.15, 0.2) is 24.3 Å². The summed E-state index contributed by atoms with van der Waals surface area (Å²) in [6.07, 6.45) is -0.939. The Morgan fingerprint density at radius 2 is 2.00 bits per heavy atom. The van der Waals surface area contributed by atoms with Gasteiger partial charge in [-0.05, 0) is 37.9 Å². The molecule has 0 aromatic heterocycles. The van der Waals surface area contributed by atoms with E-state index in [0.29, 0.717) is 12.1 Å². The van der Waals surface area contributed by atoms with Crippen molar-refractivity contribution in [1.82, 2.24) is 4.90 Å². The van der Waals surface area contributed by atoms with Crippen LogP contribution in [0.3, 0.4) is 0 Å². The van der Waals surface area contributed by atoms with Gasteiger partial charge in [0.1, 0.15) is 0 Å². The summed E-state index contributed by atoms with van der Waals surface area (Å²) < 4.78 is 44.4. The van der Waals surface area contributed by atoms with Crippen molar-refractivity contribution in [2.24, 2.45) is 0 Å². The molecule has 1 aromatic carbocycles. The van der Waals surface area contributed by atoms with Crippen molar-refractivity contribution < 1.29 is 17.9 Å². The number of alkyl halides is 3. The molecule has 1 aliphatic rings. The fourth-order valence-corrected chi connectivity index (χ4v) is 2.59. The number of rotatable bonds is 4. The van der Waals surface area contributed by atoms with Crippen LogP contribution >= 0.6 is 0 Å². The first-order valence-electron chi connectivity index (χ1n) is 6.92. The SMILES string of the molecule is CN(Cc1ccccc1C(F)(F)F)CC1CCCCO1. The molecule has 1 aliphatic heterocycles. The van der Waals surface area contributed by atoms with Crippen LogP contribution in [0, 0.1) is 0 Å². The van der Waals surface area contributed by atoms with Crippen molar-refractivity contribution in [3.8, 4) is 0 Å². The highest BCUT2D eigenvalue weighted by atomic mass is 19.4. The second-order valence-corrected chi connectivity index (χ2v) is 5.34. The molecule has 20 heavy (non-hydrogen) atoms. The zero-order chi connectivity index (χ0) is 14.6. The molecule has 0 N–H and O–H groups in total. The average molecular weight is 287 g/mol. The van der Waals surface area contributed by atoms with Gasteiger partial charge in [-0.1, -0.05) is 18.2 Å². The minimum atomic E-state index is -4.29. The van der Waals surface area contributed by atoms with E-state index in [4.69, 9.17) is 4.74 Å². The summed E-state index contributed by atoms with van der Waals surface area (Å²) in [6, 6.07) is 5.76. The van der Waals surface area contributed by atoms with E-state index < -0.39 is 11.7 Å². The van der Waals surface area contributed by atoms with Gasteiger partial charge in [0.15, 0.2) is 0 Å². The Labute approximate surface area is 117 Å². The summed E-state index contributed by atoms with van der Waals surface area (Å²) in [5.74, 6) is 0. The number of benzene rings is 1. The average Bonchev–Trinajstić information content (AvgIpc) is 2.39. The molecule has 1 unspecified atom stereocenters. The van der Waals surface area contributed by atoms with E-state index >= 15 is 0 Å². The topological polar surface area (TPSA) is 12.5 Å². The Morgan fingerprint density at radius 3 is 2.65 bits per heavy atom. The van der Waals surface area contributed by atoms with Gasteiger partial charge < -0.3 is 4.74 Å². The molecule has 1 atom stereocenters. The molecule has 112 valence electrons. The van der Waals surface area contributed by atoms with Crippen molar-refractivity contribution in [3.05, 3.63) is 35.4 Å². The third kappa shape index (κ3) is 4.21. The predicted molar refractivity (Wildman–Crippen MR) is 71.4 cm³/mol. The van der Waals surface area contributed by atoms with E-state index in [2.05, 4.69) is 0 Å². The lowest BCUT2D eigenvalue weighted by atomic mass is 10.1. The number of ether oxygens (including phenoxy) is 1. The van der Waals surface area contributed by atoms with Crippen molar-refractivity contribution in [3.63, 3.8) is 0 Å². The van der Waals surface area contributed by atoms with Gasteiger partial charge in [-0.2, -0.15) is 13.2 Å². The number of likely N-dealkylation sites (N-methyl/N-ethyl adjacent to an activating group) is 1. The molecule has 2 rings (SSSR count). The maximum absolute atomic E-state index is 12.9. The minimum absolute atomic E-state index is 0.145. The molecule has 1 fully saturated rings. The van der Waals surface area contributed by atoms with Gasteiger partial charge >= 0.3 is 6.18 Å². The summed E-state index contributed by atoms with van der Waals surface area (Å²) in [6.45, 7) is 1.72. The van der Waals surface area contributed by atoms with Crippen LogP contribution in [0.4, 0.5) is 13.2 Å². The minimum Gasteiger partial charge on any atom is -0.377 e. The van der Waals surface area contributed by atoms with Crippen LogP contribution in [0.25, 0.3) is 0 Å². The monoisotopic (exact) mass is 287 g/mol. The summed E-state index contributed by atoms with van der Waals surface area (Å²) in [7, 11) is 1.84. The molecule has 1 heterocycles. The number of hydrogen-bond acceptors (Lipinski definition) is 2. The van der Waals surface area contributed by atoms with Crippen LogP contribution in [0.1, 0.15) is 30.4 Å². The first-order valence-corrected chi connectivity index (χ1v) is 6.92. The fourth-order valence-electron chi connectivity index (χ4n) is 2.59.